The van der Waals surface area contributed by atoms with Gasteiger partial charge in [0.25, 0.3) is 0 Å². The number of amides is 2. The Morgan fingerprint density at radius 2 is 1.38 bits per heavy atom. The molecule has 0 atom stereocenters. The normalized spacial score (nSPS) is 10.2. The fourth-order valence-corrected chi connectivity index (χ4v) is 2.51. The molecule has 2 amide bonds. The van der Waals surface area contributed by atoms with E-state index in [0.717, 1.165) is 34.7 Å². The number of rotatable bonds is 6. The molecule has 3 aromatic carbocycles. The molecule has 0 aromatic heterocycles. The van der Waals surface area contributed by atoms with Crippen molar-refractivity contribution in [3.8, 4) is 0 Å². The topological polar surface area (TPSA) is 79.2 Å². The van der Waals surface area contributed by atoms with E-state index in [0.29, 0.717) is 6.54 Å². The third-order valence-electron chi connectivity index (χ3n) is 3.88. The lowest BCUT2D eigenvalue weighted by atomic mass is 10.1. The van der Waals surface area contributed by atoms with E-state index in [9.17, 15) is 4.79 Å². The van der Waals surface area contributed by atoms with E-state index in [1.165, 1.54) is 0 Å². The van der Waals surface area contributed by atoms with E-state index in [2.05, 4.69) is 16.0 Å². The second kappa shape index (κ2) is 8.58. The average molecular weight is 346 g/mol. The first kappa shape index (κ1) is 17.4. The second-order valence-electron chi connectivity index (χ2n) is 5.94. The van der Waals surface area contributed by atoms with Crippen LogP contribution in [0.1, 0.15) is 5.56 Å². The number of benzene rings is 3. The summed E-state index contributed by atoms with van der Waals surface area (Å²) in [5.41, 5.74) is 10.3. The van der Waals surface area contributed by atoms with E-state index >= 15 is 0 Å². The summed E-state index contributed by atoms with van der Waals surface area (Å²) >= 11 is 0. The van der Waals surface area contributed by atoms with Crippen LogP contribution in [0.5, 0.6) is 0 Å². The summed E-state index contributed by atoms with van der Waals surface area (Å²) in [6, 6.07) is 25.0. The summed E-state index contributed by atoms with van der Waals surface area (Å²) < 4.78 is 0. The van der Waals surface area contributed by atoms with Gasteiger partial charge >= 0.3 is 6.03 Å². The van der Waals surface area contributed by atoms with Crippen LogP contribution < -0.4 is 21.7 Å². The zero-order valence-corrected chi connectivity index (χ0v) is 14.4. The van der Waals surface area contributed by atoms with Gasteiger partial charge in [0.1, 0.15) is 0 Å². The number of urea groups is 1. The number of anilines is 4. The molecule has 0 bridgehead atoms. The highest BCUT2D eigenvalue weighted by Crippen LogP contribution is 2.18. The number of carbonyl (C=O) groups is 1. The molecule has 3 rings (SSSR count). The van der Waals surface area contributed by atoms with E-state index < -0.39 is 0 Å². The summed E-state index contributed by atoms with van der Waals surface area (Å²) in [6.07, 6.45) is 0.758. The van der Waals surface area contributed by atoms with Crippen LogP contribution in [0.3, 0.4) is 0 Å². The van der Waals surface area contributed by atoms with E-state index in [4.69, 9.17) is 5.73 Å². The van der Waals surface area contributed by atoms with Crippen LogP contribution in [0.4, 0.5) is 27.5 Å². The van der Waals surface area contributed by atoms with E-state index in [1.807, 2.05) is 78.9 Å². The Balaban J connectivity index is 1.44. The predicted molar refractivity (Wildman–Crippen MR) is 108 cm³/mol. The van der Waals surface area contributed by atoms with Gasteiger partial charge in [0.2, 0.25) is 0 Å². The Morgan fingerprint density at radius 1 is 0.769 bits per heavy atom. The first-order chi connectivity index (χ1) is 12.7. The summed E-state index contributed by atoms with van der Waals surface area (Å²) in [7, 11) is 0. The Bertz CT molecular complexity index is 830. The molecule has 132 valence electrons. The maximum Gasteiger partial charge on any atom is 0.319 e. The minimum absolute atomic E-state index is 0.218. The third-order valence-corrected chi connectivity index (χ3v) is 3.88. The summed E-state index contributed by atoms with van der Waals surface area (Å²) in [5, 5.41) is 8.99. The minimum Gasteiger partial charge on any atom is -0.399 e. The fraction of sp³-hybridized carbons (Fsp3) is 0.0952. The number of para-hydroxylation sites is 1. The number of hydrogen-bond acceptors (Lipinski definition) is 3. The average Bonchev–Trinajstić information content (AvgIpc) is 2.66. The molecule has 0 aliphatic carbocycles. The Hall–Kier alpha value is -3.47. The summed E-state index contributed by atoms with van der Waals surface area (Å²) in [6.45, 7) is 0.559. The zero-order valence-electron chi connectivity index (χ0n) is 14.4. The monoisotopic (exact) mass is 346 g/mol. The molecule has 5 heteroatoms. The maximum atomic E-state index is 12.0. The van der Waals surface area contributed by atoms with Gasteiger partial charge in [-0.1, -0.05) is 30.3 Å². The Labute approximate surface area is 153 Å². The van der Waals surface area contributed by atoms with Crippen LogP contribution in [-0.2, 0) is 6.42 Å². The number of nitrogens with one attached hydrogen (secondary N) is 3. The van der Waals surface area contributed by atoms with Crippen LogP contribution in [-0.4, -0.2) is 12.6 Å². The van der Waals surface area contributed by atoms with Crippen LogP contribution >= 0.6 is 0 Å². The molecule has 0 spiro atoms. The molecular weight excluding hydrogens is 324 g/mol. The van der Waals surface area contributed by atoms with E-state index in [-0.39, 0.29) is 6.03 Å². The Kier molecular flexibility index (Phi) is 5.72. The largest absolute Gasteiger partial charge is 0.399 e. The molecule has 5 N–H and O–H groups in total. The SMILES string of the molecule is Nc1ccc(CCNC(=O)Nc2ccc(Nc3ccccc3)cc2)cc1. The molecule has 0 aliphatic rings. The number of hydrogen-bond donors (Lipinski definition) is 4. The standard InChI is InChI=1S/C21H22N4O/c22-17-8-6-16(7-9-17)14-15-23-21(26)25-20-12-10-19(11-13-20)24-18-4-2-1-3-5-18/h1-13,24H,14-15,22H2,(H2,23,25,26). The Morgan fingerprint density at radius 3 is 2.08 bits per heavy atom. The predicted octanol–water partition coefficient (Wildman–Crippen LogP) is 4.38. The van der Waals surface area contributed by atoms with E-state index in [1.54, 1.807) is 0 Å². The van der Waals surface area contributed by atoms with Gasteiger partial charge < -0.3 is 21.7 Å². The van der Waals surface area contributed by atoms with Crippen LogP contribution in [0.2, 0.25) is 0 Å². The summed E-state index contributed by atoms with van der Waals surface area (Å²) in [4.78, 5) is 12.0. The molecule has 0 fully saturated rings. The fourth-order valence-electron chi connectivity index (χ4n) is 2.51. The van der Waals surface area contributed by atoms with Gasteiger partial charge in [0.05, 0.1) is 0 Å². The maximum absolute atomic E-state index is 12.0. The van der Waals surface area contributed by atoms with Crippen molar-refractivity contribution in [2.45, 2.75) is 6.42 Å². The van der Waals surface area contributed by atoms with Gasteiger partial charge in [-0.3, -0.25) is 0 Å². The molecule has 0 unspecified atom stereocenters. The van der Waals surface area contributed by atoms with Crippen molar-refractivity contribution >= 4 is 28.8 Å². The van der Waals surface area contributed by atoms with Crippen molar-refractivity contribution in [3.05, 3.63) is 84.4 Å². The van der Waals surface area contributed by atoms with Gasteiger partial charge in [0, 0.05) is 29.3 Å². The lowest BCUT2D eigenvalue weighted by Gasteiger charge is -2.10. The molecular formula is C21H22N4O. The summed E-state index contributed by atoms with van der Waals surface area (Å²) in [5.74, 6) is 0. The minimum atomic E-state index is -0.218. The van der Waals surface area contributed by atoms with Crippen molar-refractivity contribution in [2.24, 2.45) is 0 Å². The molecule has 0 saturated heterocycles. The van der Waals surface area contributed by atoms with Crippen molar-refractivity contribution < 1.29 is 4.79 Å². The highest BCUT2D eigenvalue weighted by Gasteiger charge is 2.02. The van der Waals surface area contributed by atoms with Gasteiger partial charge in [0.15, 0.2) is 0 Å². The smallest absolute Gasteiger partial charge is 0.319 e. The lowest BCUT2D eigenvalue weighted by molar-refractivity contribution is 0.252. The molecule has 0 saturated carbocycles. The van der Waals surface area contributed by atoms with Gasteiger partial charge in [-0.05, 0) is 60.5 Å². The zero-order chi connectivity index (χ0) is 18.2. The van der Waals surface area contributed by atoms with Crippen LogP contribution in [0.25, 0.3) is 0 Å². The van der Waals surface area contributed by atoms with Crippen molar-refractivity contribution in [1.29, 1.82) is 0 Å². The molecule has 5 nitrogen and oxygen atoms in total. The molecule has 0 radical (unpaired) electrons. The highest BCUT2D eigenvalue weighted by molar-refractivity contribution is 5.89. The van der Waals surface area contributed by atoms with Gasteiger partial charge in [-0.25, -0.2) is 4.79 Å². The number of nitrogens with two attached hydrogens (primary N) is 1. The number of carbonyl (C=O) groups excluding carboxylic acids is 1. The second-order valence-corrected chi connectivity index (χ2v) is 5.94. The first-order valence-electron chi connectivity index (χ1n) is 8.50. The van der Waals surface area contributed by atoms with Gasteiger partial charge in [-0.15, -0.1) is 0 Å². The first-order valence-corrected chi connectivity index (χ1v) is 8.50. The van der Waals surface area contributed by atoms with Crippen LogP contribution in [0, 0.1) is 0 Å². The molecule has 26 heavy (non-hydrogen) atoms. The van der Waals surface area contributed by atoms with Crippen molar-refractivity contribution in [1.82, 2.24) is 5.32 Å². The van der Waals surface area contributed by atoms with Crippen molar-refractivity contribution in [2.75, 3.05) is 22.9 Å². The number of nitrogen functional groups attached to an aromatic ring is 1. The molecule has 0 aliphatic heterocycles. The highest BCUT2D eigenvalue weighted by atomic mass is 16.2. The quantitative estimate of drug-likeness (QED) is 0.500. The van der Waals surface area contributed by atoms with Crippen LogP contribution in [0.15, 0.2) is 78.9 Å². The van der Waals surface area contributed by atoms with Gasteiger partial charge in [-0.2, -0.15) is 0 Å². The molecule has 0 heterocycles. The van der Waals surface area contributed by atoms with Crippen molar-refractivity contribution in [3.63, 3.8) is 0 Å². The lowest BCUT2D eigenvalue weighted by Crippen LogP contribution is -2.30. The third kappa shape index (κ3) is 5.27. The molecule has 3 aromatic rings.